The number of esters is 2. The largest absolute Gasteiger partial charge is 0.466 e. The highest BCUT2D eigenvalue weighted by Crippen LogP contribution is 1.99. The summed E-state index contributed by atoms with van der Waals surface area (Å²) in [5.41, 5.74) is 0. The van der Waals surface area contributed by atoms with Crippen molar-refractivity contribution in [3.63, 3.8) is 0 Å². The zero-order valence-corrected chi connectivity index (χ0v) is 9.62. The fourth-order valence-electron chi connectivity index (χ4n) is 0.909. The van der Waals surface area contributed by atoms with Crippen molar-refractivity contribution >= 4 is 11.9 Å². The summed E-state index contributed by atoms with van der Waals surface area (Å²) in [4.78, 5) is 21.3. The zero-order valence-electron chi connectivity index (χ0n) is 9.62. The first kappa shape index (κ1) is 14.2. The summed E-state index contributed by atoms with van der Waals surface area (Å²) < 4.78 is 8.79. The third kappa shape index (κ3) is 8.82. The summed E-state index contributed by atoms with van der Waals surface area (Å²) in [6, 6.07) is 0. The Morgan fingerprint density at radius 3 is 2.56 bits per heavy atom. The molecule has 0 aliphatic rings. The highest BCUT2D eigenvalue weighted by Gasteiger charge is 1.90. The summed E-state index contributed by atoms with van der Waals surface area (Å²) in [6.45, 7) is 0. The van der Waals surface area contributed by atoms with E-state index in [1.54, 1.807) is 6.08 Å². The smallest absolute Gasteiger partial charge is 0.384 e. The summed E-state index contributed by atoms with van der Waals surface area (Å²) in [7, 11) is 2.64. The first-order valence-electron chi connectivity index (χ1n) is 5.02. The maximum atomic E-state index is 10.7. The van der Waals surface area contributed by atoms with Gasteiger partial charge in [0.25, 0.3) is 0 Å². The molecule has 0 saturated carbocycles. The van der Waals surface area contributed by atoms with Crippen LogP contribution in [0.1, 0.15) is 25.7 Å². The number of hydrogen-bond acceptors (Lipinski definition) is 4. The van der Waals surface area contributed by atoms with Gasteiger partial charge < -0.3 is 9.47 Å². The molecular formula is C12H16O4. The maximum absolute atomic E-state index is 10.7. The van der Waals surface area contributed by atoms with Gasteiger partial charge in [-0.2, -0.15) is 0 Å². The van der Waals surface area contributed by atoms with Gasteiger partial charge in [-0.3, -0.25) is 0 Å². The van der Waals surface area contributed by atoms with Gasteiger partial charge in [-0.1, -0.05) is 12.0 Å². The van der Waals surface area contributed by atoms with E-state index in [-0.39, 0.29) is 5.97 Å². The van der Waals surface area contributed by atoms with Gasteiger partial charge >= 0.3 is 11.9 Å². The highest BCUT2D eigenvalue weighted by atomic mass is 16.5. The van der Waals surface area contributed by atoms with E-state index in [0.717, 1.165) is 19.3 Å². The quantitative estimate of drug-likeness (QED) is 0.233. The molecule has 0 heterocycles. The molecule has 4 nitrogen and oxygen atoms in total. The van der Waals surface area contributed by atoms with Crippen molar-refractivity contribution in [1.82, 2.24) is 0 Å². The second kappa shape index (κ2) is 9.78. The second-order valence-electron chi connectivity index (χ2n) is 2.96. The van der Waals surface area contributed by atoms with Crippen molar-refractivity contribution < 1.29 is 19.1 Å². The molecule has 88 valence electrons. The molecule has 0 aromatic carbocycles. The van der Waals surface area contributed by atoms with Crippen LogP contribution in [0.3, 0.4) is 0 Å². The Labute approximate surface area is 95.6 Å². The Hall–Kier alpha value is -1.76. The van der Waals surface area contributed by atoms with Crippen LogP contribution in [-0.2, 0) is 19.1 Å². The molecule has 4 heteroatoms. The van der Waals surface area contributed by atoms with Gasteiger partial charge in [0.2, 0.25) is 0 Å². The minimum Gasteiger partial charge on any atom is -0.466 e. The monoisotopic (exact) mass is 224 g/mol. The molecule has 0 aromatic rings. The fraction of sp³-hybridized carbons (Fsp3) is 0.500. The average molecular weight is 224 g/mol. The molecule has 0 bridgehead atoms. The Morgan fingerprint density at radius 1 is 1.19 bits per heavy atom. The molecule has 0 unspecified atom stereocenters. The third-order valence-corrected chi connectivity index (χ3v) is 1.75. The van der Waals surface area contributed by atoms with E-state index in [0.29, 0.717) is 6.42 Å². The molecule has 0 rings (SSSR count). The standard InChI is InChI=1S/C12H16O4/c1-15-11(13)9-7-5-3-4-6-8-10-12(14)16-2/h7,9H,3-6H2,1-2H3/b9-7+. The predicted molar refractivity (Wildman–Crippen MR) is 59.4 cm³/mol. The molecule has 0 atom stereocenters. The molecule has 0 amide bonds. The normalized spacial score (nSPS) is 9.38. The van der Waals surface area contributed by atoms with Gasteiger partial charge in [0, 0.05) is 18.4 Å². The minimum absolute atomic E-state index is 0.342. The average Bonchev–Trinajstić information content (AvgIpc) is 2.31. The lowest BCUT2D eigenvalue weighted by Gasteiger charge is -1.92. The van der Waals surface area contributed by atoms with Crippen LogP contribution in [0.2, 0.25) is 0 Å². The number of methoxy groups -OCH3 is 2. The summed E-state index contributed by atoms with van der Waals surface area (Å²) >= 11 is 0. The van der Waals surface area contributed by atoms with E-state index in [1.807, 2.05) is 0 Å². The highest BCUT2D eigenvalue weighted by molar-refractivity contribution is 5.88. The lowest BCUT2D eigenvalue weighted by Crippen LogP contribution is -1.94. The third-order valence-electron chi connectivity index (χ3n) is 1.75. The molecule has 0 spiro atoms. The fourth-order valence-corrected chi connectivity index (χ4v) is 0.909. The van der Waals surface area contributed by atoms with Crippen molar-refractivity contribution in [2.45, 2.75) is 25.7 Å². The molecule has 16 heavy (non-hydrogen) atoms. The van der Waals surface area contributed by atoms with Gasteiger partial charge in [0.15, 0.2) is 0 Å². The number of carbonyl (C=O) groups excluding carboxylic acids is 2. The molecular weight excluding hydrogens is 208 g/mol. The Kier molecular flexibility index (Phi) is 8.71. The van der Waals surface area contributed by atoms with Crippen LogP contribution >= 0.6 is 0 Å². The summed E-state index contributed by atoms with van der Waals surface area (Å²) in [5, 5.41) is 0. The minimum atomic E-state index is -0.509. The Balaban J connectivity index is 3.46. The van der Waals surface area contributed by atoms with E-state index < -0.39 is 5.97 Å². The van der Waals surface area contributed by atoms with Gasteiger partial charge in [0.1, 0.15) is 0 Å². The number of rotatable bonds is 5. The molecule has 0 fully saturated rings. The SMILES string of the molecule is COC(=O)C#CCCCC/C=C/C(=O)OC. The first-order chi connectivity index (χ1) is 7.70. The molecule has 0 aliphatic heterocycles. The van der Waals surface area contributed by atoms with Gasteiger partial charge in [-0.05, 0) is 19.3 Å². The first-order valence-corrected chi connectivity index (χ1v) is 5.02. The van der Waals surface area contributed by atoms with E-state index in [9.17, 15) is 9.59 Å². The lowest BCUT2D eigenvalue weighted by molar-refractivity contribution is -0.135. The number of hydrogen-bond donors (Lipinski definition) is 0. The Bertz CT molecular complexity index is 307. The van der Waals surface area contributed by atoms with Crippen molar-refractivity contribution in [2.24, 2.45) is 0 Å². The van der Waals surface area contributed by atoms with Crippen LogP contribution in [0.25, 0.3) is 0 Å². The van der Waals surface area contributed by atoms with Gasteiger partial charge in [0.05, 0.1) is 14.2 Å². The van der Waals surface area contributed by atoms with Crippen LogP contribution < -0.4 is 0 Å². The van der Waals surface area contributed by atoms with Crippen LogP contribution in [0.15, 0.2) is 12.2 Å². The number of ether oxygens (including phenoxy) is 2. The maximum Gasteiger partial charge on any atom is 0.384 e. The molecule has 0 radical (unpaired) electrons. The van der Waals surface area contributed by atoms with E-state index >= 15 is 0 Å². The van der Waals surface area contributed by atoms with E-state index in [1.165, 1.54) is 20.3 Å². The summed E-state index contributed by atoms with van der Waals surface area (Å²) in [6.07, 6.45) is 6.43. The van der Waals surface area contributed by atoms with E-state index in [4.69, 9.17) is 0 Å². The van der Waals surface area contributed by atoms with Crippen LogP contribution in [0.5, 0.6) is 0 Å². The second-order valence-corrected chi connectivity index (χ2v) is 2.96. The van der Waals surface area contributed by atoms with Crippen LogP contribution in [0.4, 0.5) is 0 Å². The van der Waals surface area contributed by atoms with Crippen molar-refractivity contribution in [3.05, 3.63) is 12.2 Å². The molecule has 0 aliphatic carbocycles. The lowest BCUT2D eigenvalue weighted by atomic mass is 10.2. The molecule has 0 N–H and O–H groups in total. The topological polar surface area (TPSA) is 52.6 Å². The number of unbranched alkanes of at least 4 members (excludes halogenated alkanes) is 3. The number of allylic oxidation sites excluding steroid dienone is 1. The molecule has 0 aromatic heterocycles. The van der Waals surface area contributed by atoms with Gasteiger partial charge in [-0.25, -0.2) is 9.59 Å². The molecule has 0 saturated heterocycles. The van der Waals surface area contributed by atoms with Crippen LogP contribution in [0, 0.1) is 11.8 Å². The number of carbonyl (C=O) groups is 2. The van der Waals surface area contributed by atoms with E-state index in [2.05, 4.69) is 21.3 Å². The van der Waals surface area contributed by atoms with Crippen molar-refractivity contribution in [3.8, 4) is 11.8 Å². The van der Waals surface area contributed by atoms with Crippen molar-refractivity contribution in [1.29, 1.82) is 0 Å². The Morgan fingerprint density at radius 2 is 1.94 bits per heavy atom. The summed E-state index contributed by atoms with van der Waals surface area (Å²) in [5.74, 6) is 4.20. The predicted octanol–water partition coefficient (Wildman–Crippen LogP) is 1.45. The zero-order chi connectivity index (χ0) is 12.2. The van der Waals surface area contributed by atoms with Gasteiger partial charge in [-0.15, -0.1) is 0 Å². The van der Waals surface area contributed by atoms with Crippen molar-refractivity contribution in [2.75, 3.05) is 14.2 Å². The van der Waals surface area contributed by atoms with Crippen LogP contribution in [-0.4, -0.2) is 26.2 Å².